The molecule has 0 radical (unpaired) electrons. The number of likely N-dealkylation sites (tertiary alicyclic amines) is 1. The molecule has 0 saturated carbocycles. The molecule has 2 aliphatic heterocycles. The summed E-state index contributed by atoms with van der Waals surface area (Å²) in [5, 5.41) is 3.36. The van der Waals surface area contributed by atoms with E-state index in [9.17, 15) is 4.79 Å². The maximum absolute atomic E-state index is 13.1. The second-order valence-electron chi connectivity index (χ2n) is 6.69. The molecule has 1 amide bonds. The van der Waals surface area contributed by atoms with Crippen LogP contribution in [0.4, 0.5) is 0 Å². The quantitative estimate of drug-likeness (QED) is 0.931. The third-order valence-electron chi connectivity index (χ3n) is 5.22. The summed E-state index contributed by atoms with van der Waals surface area (Å²) in [5.41, 5.74) is 1.25. The molecule has 0 aliphatic carbocycles. The highest BCUT2D eigenvalue weighted by Crippen LogP contribution is 2.33. The van der Waals surface area contributed by atoms with Gasteiger partial charge in [-0.2, -0.15) is 0 Å². The molecule has 4 nitrogen and oxygen atoms in total. The second kappa shape index (κ2) is 7.82. The molecule has 3 rings (SSSR count). The van der Waals surface area contributed by atoms with E-state index in [0.29, 0.717) is 5.91 Å². The van der Waals surface area contributed by atoms with Gasteiger partial charge in [0.2, 0.25) is 5.91 Å². The highest BCUT2D eigenvalue weighted by atomic mass is 16.5. The summed E-state index contributed by atoms with van der Waals surface area (Å²) in [5.74, 6) is 1.45. The molecule has 1 N–H and O–H groups in total. The van der Waals surface area contributed by atoms with E-state index in [1.54, 1.807) is 7.11 Å². The molecule has 2 saturated heterocycles. The molecular weight excluding hydrogens is 288 g/mol. The zero-order valence-electron chi connectivity index (χ0n) is 14.1. The fourth-order valence-corrected chi connectivity index (χ4v) is 3.85. The zero-order chi connectivity index (χ0) is 16.1. The average Bonchev–Trinajstić information content (AvgIpc) is 2.88. The van der Waals surface area contributed by atoms with Crippen LogP contribution < -0.4 is 10.1 Å². The molecule has 2 aliphatic rings. The molecular formula is C19H28N2O2. The number of carbonyl (C=O) groups excluding carboxylic acids is 1. The van der Waals surface area contributed by atoms with Gasteiger partial charge in [0.25, 0.3) is 0 Å². The van der Waals surface area contributed by atoms with Crippen LogP contribution in [0.5, 0.6) is 5.75 Å². The van der Waals surface area contributed by atoms with Gasteiger partial charge in [-0.25, -0.2) is 0 Å². The molecule has 0 bridgehead atoms. The van der Waals surface area contributed by atoms with Crippen molar-refractivity contribution >= 4 is 5.91 Å². The predicted octanol–water partition coefficient (Wildman–Crippen LogP) is 3.14. The topological polar surface area (TPSA) is 41.6 Å². The summed E-state index contributed by atoms with van der Waals surface area (Å²) in [6.45, 7) is 2.84. The lowest BCUT2D eigenvalue weighted by molar-refractivity contribution is -0.138. The number of piperidine rings is 1. The Morgan fingerprint density at radius 1 is 1.09 bits per heavy atom. The van der Waals surface area contributed by atoms with E-state index in [4.69, 9.17) is 4.74 Å². The molecule has 1 aromatic rings. The van der Waals surface area contributed by atoms with E-state index in [-0.39, 0.29) is 12.0 Å². The van der Waals surface area contributed by atoms with Crippen molar-refractivity contribution in [2.75, 3.05) is 26.7 Å². The summed E-state index contributed by atoms with van der Waals surface area (Å²) >= 11 is 0. The predicted molar refractivity (Wildman–Crippen MR) is 91.5 cm³/mol. The molecule has 4 heteroatoms. The number of carbonyl (C=O) groups is 1. The average molecular weight is 316 g/mol. The van der Waals surface area contributed by atoms with Crippen molar-refractivity contribution in [2.45, 2.75) is 44.6 Å². The van der Waals surface area contributed by atoms with Crippen molar-refractivity contribution < 1.29 is 9.53 Å². The standard InChI is InChI=1S/C19H28N2O2/c1-23-17-8-6-15(7-9-17)18-5-3-2-4-14-21(18)19(22)16-10-12-20-13-11-16/h6-9,16,18,20H,2-5,10-14H2,1H3. The van der Waals surface area contributed by atoms with Crippen molar-refractivity contribution in [3.8, 4) is 5.75 Å². The Labute approximate surface area is 139 Å². The minimum Gasteiger partial charge on any atom is -0.497 e. The highest BCUT2D eigenvalue weighted by Gasteiger charge is 2.32. The molecule has 1 aromatic carbocycles. The van der Waals surface area contributed by atoms with Gasteiger partial charge in [0.1, 0.15) is 5.75 Å². The lowest BCUT2D eigenvalue weighted by Crippen LogP contribution is -2.42. The fraction of sp³-hybridized carbons (Fsp3) is 0.632. The fourth-order valence-electron chi connectivity index (χ4n) is 3.85. The Bertz CT molecular complexity index is 509. The lowest BCUT2D eigenvalue weighted by atomic mass is 9.94. The summed E-state index contributed by atoms with van der Waals surface area (Å²) < 4.78 is 5.26. The van der Waals surface area contributed by atoms with Gasteiger partial charge < -0.3 is 15.0 Å². The normalized spacial score (nSPS) is 23.3. The first-order valence-electron chi connectivity index (χ1n) is 8.95. The van der Waals surface area contributed by atoms with Crippen LogP contribution in [0, 0.1) is 5.92 Å². The number of ether oxygens (including phenoxy) is 1. The number of hydrogen-bond acceptors (Lipinski definition) is 3. The highest BCUT2D eigenvalue weighted by molar-refractivity contribution is 5.79. The Morgan fingerprint density at radius 2 is 1.83 bits per heavy atom. The van der Waals surface area contributed by atoms with Gasteiger partial charge in [-0.1, -0.05) is 25.0 Å². The van der Waals surface area contributed by atoms with Crippen LogP contribution in [-0.4, -0.2) is 37.6 Å². The Morgan fingerprint density at radius 3 is 2.52 bits per heavy atom. The van der Waals surface area contributed by atoms with E-state index in [2.05, 4.69) is 22.3 Å². The van der Waals surface area contributed by atoms with Gasteiger partial charge in [-0.3, -0.25) is 4.79 Å². The van der Waals surface area contributed by atoms with Crippen LogP contribution in [0.25, 0.3) is 0 Å². The van der Waals surface area contributed by atoms with Crippen LogP contribution >= 0.6 is 0 Å². The van der Waals surface area contributed by atoms with E-state index < -0.39 is 0 Å². The molecule has 23 heavy (non-hydrogen) atoms. The van der Waals surface area contributed by atoms with Gasteiger partial charge in [0.15, 0.2) is 0 Å². The Balaban J connectivity index is 1.79. The maximum atomic E-state index is 13.1. The third-order valence-corrected chi connectivity index (χ3v) is 5.22. The minimum absolute atomic E-state index is 0.204. The molecule has 1 unspecified atom stereocenters. The minimum atomic E-state index is 0.204. The van der Waals surface area contributed by atoms with E-state index in [1.165, 1.54) is 18.4 Å². The van der Waals surface area contributed by atoms with Gasteiger partial charge in [-0.05, 0) is 56.5 Å². The Kier molecular flexibility index (Phi) is 5.55. The van der Waals surface area contributed by atoms with Gasteiger partial charge >= 0.3 is 0 Å². The molecule has 2 fully saturated rings. The van der Waals surface area contributed by atoms with Crippen molar-refractivity contribution in [2.24, 2.45) is 5.92 Å². The van der Waals surface area contributed by atoms with E-state index in [0.717, 1.165) is 51.1 Å². The number of rotatable bonds is 3. The first-order chi connectivity index (χ1) is 11.3. The van der Waals surface area contributed by atoms with Crippen molar-refractivity contribution in [1.29, 1.82) is 0 Å². The number of hydrogen-bond donors (Lipinski definition) is 1. The van der Waals surface area contributed by atoms with Gasteiger partial charge in [0, 0.05) is 12.5 Å². The van der Waals surface area contributed by atoms with Crippen molar-refractivity contribution in [3.63, 3.8) is 0 Å². The summed E-state index contributed by atoms with van der Waals surface area (Å²) in [4.78, 5) is 15.3. The number of methoxy groups -OCH3 is 1. The van der Waals surface area contributed by atoms with Gasteiger partial charge in [0.05, 0.1) is 13.2 Å². The molecule has 0 spiro atoms. The molecule has 126 valence electrons. The van der Waals surface area contributed by atoms with E-state index >= 15 is 0 Å². The first kappa shape index (κ1) is 16.3. The van der Waals surface area contributed by atoms with Crippen LogP contribution in [0.1, 0.15) is 50.1 Å². The number of benzene rings is 1. The maximum Gasteiger partial charge on any atom is 0.226 e. The molecule has 0 aromatic heterocycles. The second-order valence-corrected chi connectivity index (χ2v) is 6.69. The first-order valence-corrected chi connectivity index (χ1v) is 8.95. The van der Waals surface area contributed by atoms with Crippen LogP contribution in [0.15, 0.2) is 24.3 Å². The third kappa shape index (κ3) is 3.86. The van der Waals surface area contributed by atoms with Crippen LogP contribution in [0.2, 0.25) is 0 Å². The number of nitrogens with zero attached hydrogens (tertiary/aromatic N) is 1. The van der Waals surface area contributed by atoms with Crippen molar-refractivity contribution in [1.82, 2.24) is 10.2 Å². The molecule has 2 heterocycles. The van der Waals surface area contributed by atoms with E-state index in [1.807, 2.05) is 12.1 Å². The summed E-state index contributed by atoms with van der Waals surface area (Å²) in [6.07, 6.45) is 6.58. The van der Waals surface area contributed by atoms with Gasteiger partial charge in [-0.15, -0.1) is 0 Å². The zero-order valence-corrected chi connectivity index (χ0v) is 14.1. The smallest absolute Gasteiger partial charge is 0.226 e. The summed E-state index contributed by atoms with van der Waals surface area (Å²) in [6, 6.07) is 8.49. The van der Waals surface area contributed by atoms with Crippen LogP contribution in [0.3, 0.4) is 0 Å². The van der Waals surface area contributed by atoms with Crippen LogP contribution in [-0.2, 0) is 4.79 Å². The Hall–Kier alpha value is -1.55. The largest absolute Gasteiger partial charge is 0.497 e. The number of amides is 1. The number of nitrogens with one attached hydrogen (secondary N) is 1. The lowest BCUT2D eigenvalue weighted by Gasteiger charge is -2.35. The summed E-state index contributed by atoms with van der Waals surface area (Å²) in [7, 11) is 1.69. The SMILES string of the molecule is COc1ccc(C2CCCCCN2C(=O)C2CCNCC2)cc1. The monoisotopic (exact) mass is 316 g/mol. The molecule has 1 atom stereocenters. The van der Waals surface area contributed by atoms with Crippen molar-refractivity contribution in [3.05, 3.63) is 29.8 Å².